The lowest BCUT2D eigenvalue weighted by molar-refractivity contribution is 0.681. The quantitative estimate of drug-likeness (QED) is 0.195. The number of amidine groups is 1. The van der Waals surface area contributed by atoms with Crippen molar-refractivity contribution in [3.8, 4) is 33.4 Å². The van der Waals surface area contributed by atoms with Gasteiger partial charge in [-0.1, -0.05) is 170 Å². The van der Waals surface area contributed by atoms with E-state index in [2.05, 4.69) is 198 Å². The Balaban J connectivity index is 1.21. The number of benzene rings is 6. The number of nitrogens with zero attached hydrogens (tertiary/aromatic N) is 2. The van der Waals surface area contributed by atoms with E-state index < -0.39 is 0 Å². The van der Waals surface area contributed by atoms with Gasteiger partial charge in [-0.05, 0) is 63.9 Å². The van der Waals surface area contributed by atoms with Crippen LogP contribution in [0.2, 0.25) is 0 Å². The summed E-state index contributed by atoms with van der Waals surface area (Å²) in [6.45, 7) is 0. The highest BCUT2D eigenvalue weighted by Crippen LogP contribution is 2.54. The van der Waals surface area contributed by atoms with Crippen LogP contribution in [0.4, 0.5) is 5.69 Å². The Morgan fingerprint density at radius 2 is 1.36 bits per heavy atom. The molecule has 6 aromatic carbocycles. The molecule has 0 bridgehead atoms. The van der Waals surface area contributed by atoms with Gasteiger partial charge in [-0.3, -0.25) is 0 Å². The molecule has 3 atom stereocenters. The maximum Gasteiger partial charge on any atom is 0.146 e. The number of aliphatic imine (C=N–C) groups is 1. The van der Waals surface area contributed by atoms with Gasteiger partial charge in [0.2, 0.25) is 0 Å². The van der Waals surface area contributed by atoms with E-state index in [9.17, 15) is 0 Å². The smallest absolute Gasteiger partial charge is 0.146 e. The highest BCUT2D eigenvalue weighted by molar-refractivity contribution is 7.26. The van der Waals surface area contributed by atoms with E-state index in [0.29, 0.717) is 0 Å². The van der Waals surface area contributed by atoms with Crippen molar-refractivity contribution in [2.24, 2.45) is 4.99 Å². The monoisotopic (exact) mass is 737 g/mol. The maximum atomic E-state index is 5.67. The van der Waals surface area contributed by atoms with Crippen LogP contribution in [0.3, 0.4) is 0 Å². The molecule has 1 N–H and O–H groups in total. The average Bonchev–Trinajstić information content (AvgIpc) is 3.62. The van der Waals surface area contributed by atoms with Crippen molar-refractivity contribution in [3.05, 3.63) is 205 Å². The first-order valence-electron chi connectivity index (χ1n) is 19.6. The van der Waals surface area contributed by atoms with Gasteiger partial charge in [-0.15, -0.1) is 11.3 Å². The minimum absolute atomic E-state index is 0.00178. The Labute approximate surface area is 331 Å². The van der Waals surface area contributed by atoms with Crippen molar-refractivity contribution < 1.29 is 0 Å². The van der Waals surface area contributed by atoms with Gasteiger partial charge in [0.1, 0.15) is 12.0 Å². The largest absolute Gasteiger partial charge is 0.359 e. The molecule has 0 radical (unpaired) electrons. The van der Waals surface area contributed by atoms with Gasteiger partial charge in [-0.25, -0.2) is 4.99 Å². The number of hydrogen-bond acceptors (Lipinski definition) is 4. The second-order valence-corrected chi connectivity index (χ2v) is 16.0. The molecule has 0 amide bonds. The van der Waals surface area contributed by atoms with Crippen molar-refractivity contribution in [2.45, 2.75) is 31.0 Å². The van der Waals surface area contributed by atoms with Crippen LogP contribution < -0.4 is 10.2 Å². The molecule has 3 nitrogen and oxygen atoms in total. The summed E-state index contributed by atoms with van der Waals surface area (Å²) in [4.78, 5) is 8.26. The molecular formula is C52H39N3S. The zero-order valence-electron chi connectivity index (χ0n) is 30.8. The third kappa shape index (κ3) is 5.52. The number of thiophene rings is 1. The summed E-state index contributed by atoms with van der Waals surface area (Å²) in [6, 6.07) is 51.0. The fourth-order valence-electron chi connectivity index (χ4n) is 9.04. The molecule has 0 fully saturated rings. The van der Waals surface area contributed by atoms with Crippen LogP contribution in [-0.2, 0) is 0 Å². The topological polar surface area (TPSA) is 27.6 Å². The van der Waals surface area contributed by atoms with Crippen LogP contribution in [0.15, 0.2) is 199 Å². The summed E-state index contributed by atoms with van der Waals surface area (Å²) in [5.41, 5.74) is 13.4. The SMILES string of the molecule is C1=CC2c3ccccc3-c3cc(-c4ccc(-c5ccccc5)cc4)c4sc5ccccc5c4c3N(C3=NC(C4=CCCC=C4)NC(c4ccccc4)=C3)C2C=C1. The van der Waals surface area contributed by atoms with E-state index in [-0.39, 0.29) is 18.1 Å². The van der Waals surface area contributed by atoms with Crippen LogP contribution in [0.5, 0.6) is 0 Å². The van der Waals surface area contributed by atoms with E-state index in [0.717, 1.165) is 29.9 Å². The first-order chi connectivity index (χ1) is 27.8. The molecule has 2 aliphatic carbocycles. The van der Waals surface area contributed by atoms with E-state index in [1.165, 1.54) is 70.4 Å². The lowest BCUT2D eigenvalue weighted by atomic mass is 9.84. The van der Waals surface area contributed by atoms with E-state index in [1.54, 1.807) is 0 Å². The van der Waals surface area contributed by atoms with Gasteiger partial charge < -0.3 is 10.2 Å². The molecule has 0 saturated carbocycles. The number of allylic oxidation sites excluding steroid dienone is 4. The third-order valence-corrected chi connectivity index (χ3v) is 12.9. The third-order valence-electron chi connectivity index (χ3n) is 11.7. The molecule has 0 saturated heterocycles. The van der Waals surface area contributed by atoms with Crippen LogP contribution in [0.1, 0.15) is 29.9 Å². The zero-order chi connectivity index (χ0) is 37.0. The minimum atomic E-state index is -0.213. The Morgan fingerprint density at radius 3 is 2.18 bits per heavy atom. The molecule has 2 aliphatic heterocycles. The molecular weight excluding hydrogens is 699 g/mol. The second-order valence-electron chi connectivity index (χ2n) is 15.0. The highest BCUT2D eigenvalue weighted by Gasteiger charge is 2.39. The van der Waals surface area contributed by atoms with E-state index in [4.69, 9.17) is 4.99 Å². The van der Waals surface area contributed by atoms with E-state index in [1.807, 2.05) is 11.3 Å². The van der Waals surface area contributed by atoms with Gasteiger partial charge >= 0.3 is 0 Å². The molecule has 56 heavy (non-hydrogen) atoms. The molecule has 1 aromatic heterocycles. The van der Waals surface area contributed by atoms with Crippen molar-refractivity contribution in [3.63, 3.8) is 0 Å². The van der Waals surface area contributed by atoms with E-state index >= 15 is 0 Å². The van der Waals surface area contributed by atoms with Crippen LogP contribution in [0, 0.1) is 0 Å². The van der Waals surface area contributed by atoms with Crippen molar-refractivity contribution in [2.75, 3.05) is 4.90 Å². The van der Waals surface area contributed by atoms with Gasteiger partial charge in [0.25, 0.3) is 0 Å². The number of anilines is 1. The number of rotatable bonds is 4. The summed E-state index contributed by atoms with van der Waals surface area (Å²) in [5.74, 6) is 1.09. The molecule has 0 spiro atoms. The summed E-state index contributed by atoms with van der Waals surface area (Å²) < 4.78 is 2.58. The lowest BCUT2D eigenvalue weighted by Crippen LogP contribution is -2.45. The standard InChI is InChI=1S/C52H39N3S/c1-4-16-34(17-5-1)35-28-30-36(31-29-35)43-32-44-40-23-11-10-22-39(40)41-24-12-14-26-46(41)55(50(44)49-42-25-13-15-27-47(42)56-51(43)49)48-33-45(37-18-6-2-7-19-37)53-52(54-48)38-20-8-3-9-21-38/h1-2,4-8,10-33,41,46,52-53H,3,9H2. The van der Waals surface area contributed by atoms with Crippen molar-refractivity contribution in [1.29, 1.82) is 0 Å². The Morgan fingerprint density at radius 1 is 0.643 bits per heavy atom. The molecule has 4 heteroatoms. The Bertz CT molecular complexity index is 2840. The summed E-state index contributed by atoms with van der Waals surface area (Å²) >= 11 is 1.90. The lowest BCUT2D eigenvalue weighted by Gasteiger charge is -2.39. The minimum Gasteiger partial charge on any atom is -0.359 e. The predicted octanol–water partition coefficient (Wildman–Crippen LogP) is 13.1. The zero-order valence-corrected chi connectivity index (χ0v) is 31.7. The fraction of sp³-hybridized carbons (Fsp3) is 0.0962. The Kier molecular flexibility index (Phi) is 8.03. The number of hydrogen-bond donors (Lipinski definition) is 1. The first-order valence-corrected chi connectivity index (χ1v) is 20.5. The predicted molar refractivity (Wildman–Crippen MR) is 238 cm³/mol. The molecule has 3 unspecified atom stereocenters. The molecule has 7 aromatic rings. The highest BCUT2D eigenvalue weighted by atomic mass is 32.1. The van der Waals surface area contributed by atoms with Crippen LogP contribution >= 0.6 is 11.3 Å². The first kappa shape index (κ1) is 32.9. The molecule has 11 rings (SSSR count). The van der Waals surface area contributed by atoms with Gasteiger partial charge in [-0.2, -0.15) is 0 Å². The number of fused-ring (bicyclic) bond motifs is 9. The molecule has 268 valence electrons. The average molecular weight is 738 g/mol. The fourth-order valence-corrected chi connectivity index (χ4v) is 10.3. The van der Waals surface area contributed by atoms with Gasteiger partial charge in [0, 0.05) is 49.0 Å². The normalized spacial score (nSPS) is 19.7. The maximum absolute atomic E-state index is 5.67. The summed E-state index contributed by atoms with van der Waals surface area (Å²) in [6.07, 6.45) is 20.3. The molecule has 4 aliphatic rings. The Hall–Kier alpha value is -6.49. The second kappa shape index (κ2) is 13.7. The summed E-state index contributed by atoms with van der Waals surface area (Å²) in [7, 11) is 0. The van der Waals surface area contributed by atoms with Crippen molar-refractivity contribution >= 4 is 48.7 Å². The van der Waals surface area contributed by atoms with Gasteiger partial charge in [0.15, 0.2) is 0 Å². The van der Waals surface area contributed by atoms with Crippen molar-refractivity contribution in [1.82, 2.24) is 5.32 Å². The van der Waals surface area contributed by atoms with Gasteiger partial charge in [0.05, 0.1) is 11.7 Å². The summed E-state index contributed by atoms with van der Waals surface area (Å²) in [5, 5.41) is 6.41. The van der Waals surface area contributed by atoms with Crippen LogP contribution in [0.25, 0.3) is 59.3 Å². The van der Waals surface area contributed by atoms with Crippen LogP contribution in [-0.4, -0.2) is 18.0 Å². The number of nitrogens with one attached hydrogen (secondary N) is 1. The molecule has 3 heterocycles.